The number of nitrogens with zero attached hydrogens (tertiary/aromatic N) is 1. The van der Waals surface area contributed by atoms with E-state index in [0.29, 0.717) is 6.54 Å². The summed E-state index contributed by atoms with van der Waals surface area (Å²) in [6, 6.07) is 1.63. The summed E-state index contributed by atoms with van der Waals surface area (Å²) in [4.78, 5) is 13.7. The Kier molecular flexibility index (Phi) is 5.62. The van der Waals surface area contributed by atoms with E-state index in [2.05, 4.69) is 15.9 Å². The van der Waals surface area contributed by atoms with Gasteiger partial charge in [-0.3, -0.25) is 4.79 Å². The first-order valence-electron chi connectivity index (χ1n) is 5.69. The molecule has 0 aliphatic rings. The lowest BCUT2D eigenvalue weighted by Gasteiger charge is -2.24. The van der Waals surface area contributed by atoms with Crippen molar-refractivity contribution in [2.75, 3.05) is 7.05 Å². The van der Waals surface area contributed by atoms with E-state index < -0.39 is 6.04 Å². The van der Waals surface area contributed by atoms with Crippen LogP contribution in [-0.4, -0.2) is 23.9 Å². The van der Waals surface area contributed by atoms with Crippen molar-refractivity contribution in [3.8, 4) is 0 Å². The van der Waals surface area contributed by atoms with Crippen LogP contribution in [-0.2, 0) is 11.3 Å². The lowest BCUT2D eigenvalue weighted by atomic mass is 9.99. The molecule has 0 radical (unpaired) electrons. The van der Waals surface area contributed by atoms with Gasteiger partial charge in [-0.05, 0) is 38.9 Å². The van der Waals surface area contributed by atoms with Crippen molar-refractivity contribution < 1.29 is 4.79 Å². The first kappa shape index (κ1) is 14.7. The minimum atomic E-state index is -0.396. The van der Waals surface area contributed by atoms with Gasteiger partial charge in [0.25, 0.3) is 0 Å². The van der Waals surface area contributed by atoms with Crippen LogP contribution in [0.5, 0.6) is 0 Å². The minimum absolute atomic E-state index is 0.0154. The molecule has 1 amide bonds. The van der Waals surface area contributed by atoms with Gasteiger partial charge in [0.1, 0.15) is 0 Å². The van der Waals surface area contributed by atoms with Gasteiger partial charge in [-0.15, -0.1) is 11.3 Å². The highest BCUT2D eigenvalue weighted by molar-refractivity contribution is 9.11. The molecule has 0 aromatic carbocycles. The molecule has 1 aromatic rings. The number of nitrogens with two attached hydrogens (primary N) is 1. The predicted molar refractivity (Wildman–Crippen MR) is 75.9 cm³/mol. The molecule has 17 heavy (non-hydrogen) atoms. The van der Waals surface area contributed by atoms with Crippen LogP contribution in [0.15, 0.2) is 15.2 Å². The number of hydrogen-bond donors (Lipinski definition) is 1. The van der Waals surface area contributed by atoms with E-state index in [1.807, 2.05) is 25.3 Å². The number of thiophene rings is 1. The van der Waals surface area contributed by atoms with Gasteiger partial charge < -0.3 is 10.6 Å². The number of rotatable bonds is 5. The summed E-state index contributed by atoms with van der Waals surface area (Å²) in [5, 5.41) is 2.04. The quantitative estimate of drug-likeness (QED) is 0.907. The topological polar surface area (TPSA) is 46.3 Å². The fourth-order valence-electron chi connectivity index (χ4n) is 1.53. The predicted octanol–water partition coefficient (Wildman–Crippen LogP) is 2.84. The standard InChI is InChI=1S/C12H19BrN2OS/c1-4-8(2)11(14)12(16)15(3)6-9-5-10(13)17-7-9/h5,7-8,11H,4,6,14H2,1-3H3/t8-,11-/m0/s1. The molecule has 0 aliphatic carbocycles. The third-order valence-electron chi connectivity index (χ3n) is 2.96. The van der Waals surface area contributed by atoms with Crippen LogP contribution in [0.4, 0.5) is 0 Å². The van der Waals surface area contributed by atoms with E-state index in [9.17, 15) is 4.79 Å². The Hall–Kier alpha value is -0.390. The van der Waals surface area contributed by atoms with E-state index in [-0.39, 0.29) is 11.8 Å². The fraction of sp³-hybridized carbons (Fsp3) is 0.583. The molecule has 3 nitrogen and oxygen atoms in total. The molecule has 0 bridgehead atoms. The minimum Gasteiger partial charge on any atom is -0.340 e. The molecule has 0 aliphatic heterocycles. The molecule has 0 unspecified atom stereocenters. The summed E-state index contributed by atoms with van der Waals surface area (Å²) in [5.41, 5.74) is 7.07. The molecular formula is C12H19BrN2OS. The van der Waals surface area contributed by atoms with Gasteiger partial charge in [-0.1, -0.05) is 20.3 Å². The third kappa shape index (κ3) is 4.08. The molecule has 2 atom stereocenters. The molecule has 0 spiro atoms. The second-order valence-corrected chi connectivity index (χ2v) is 6.66. The first-order chi connectivity index (χ1) is 7.95. The highest BCUT2D eigenvalue weighted by Gasteiger charge is 2.22. The maximum absolute atomic E-state index is 12.0. The fourth-order valence-corrected chi connectivity index (χ4v) is 2.73. The van der Waals surface area contributed by atoms with Gasteiger partial charge in [0.05, 0.1) is 9.83 Å². The number of likely N-dealkylation sites (N-methyl/N-ethyl adjacent to an activating group) is 1. The number of halogens is 1. The Labute approximate surface area is 115 Å². The van der Waals surface area contributed by atoms with Crippen molar-refractivity contribution in [1.82, 2.24) is 4.90 Å². The summed E-state index contributed by atoms with van der Waals surface area (Å²) >= 11 is 5.04. The summed E-state index contributed by atoms with van der Waals surface area (Å²) < 4.78 is 1.08. The van der Waals surface area contributed by atoms with Gasteiger partial charge >= 0.3 is 0 Å². The van der Waals surface area contributed by atoms with Crippen molar-refractivity contribution in [1.29, 1.82) is 0 Å². The van der Waals surface area contributed by atoms with Crippen molar-refractivity contribution in [2.24, 2.45) is 11.7 Å². The van der Waals surface area contributed by atoms with Gasteiger partial charge in [0.2, 0.25) is 5.91 Å². The normalized spacial score (nSPS) is 14.4. The Morgan fingerprint density at radius 3 is 2.76 bits per heavy atom. The smallest absolute Gasteiger partial charge is 0.239 e. The number of carbonyl (C=O) groups excluding carboxylic acids is 1. The van der Waals surface area contributed by atoms with Crippen LogP contribution in [0.25, 0.3) is 0 Å². The molecule has 1 aromatic heterocycles. The zero-order valence-corrected chi connectivity index (χ0v) is 12.8. The summed E-state index contributed by atoms with van der Waals surface area (Å²) in [6.07, 6.45) is 0.921. The first-order valence-corrected chi connectivity index (χ1v) is 7.36. The molecule has 5 heteroatoms. The maximum atomic E-state index is 12.0. The second-order valence-electron chi connectivity index (χ2n) is 4.36. The lowest BCUT2D eigenvalue weighted by molar-refractivity contribution is -0.132. The largest absolute Gasteiger partial charge is 0.340 e. The Balaban J connectivity index is 2.58. The molecule has 1 rings (SSSR count). The van der Waals surface area contributed by atoms with E-state index in [1.54, 1.807) is 23.3 Å². The van der Waals surface area contributed by atoms with E-state index >= 15 is 0 Å². The Bertz CT molecular complexity index is 380. The number of carbonyl (C=O) groups is 1. The van der Waals surface area contributed by atoms with Crippen LogP contribution in [0.2, 0.25) is 0 Å². The van der Waals surface area contributed by atoms with Crippen LogP contribution in [0.1, 0.15) is 25.8 Å². The second kappa shape index (κ2) is 6.52. The Morgan fingerprint density at radius 1 is 1.65 bits per heavy atom. The van der Waals surface area contributed by atoms with Gasteiger partial charge in [0, 0.05) is 13.6 Å². The maximum Gasteiger partial charge on any atom is 0.239 e. The van der Waals surface area contributed by atoms with Crippen molar-refractivity contribution in [3.63, 3.8) is 0 Å². The molecule has 0 saturated heterocycles. The molecule has 0 fully saturated rings. The number of hydrogen-bond acceptors (Lipinski definition) is 3. The molecule has 1 heterocycles. The molecule has 0 saturated carbocycles. The summed E-state index contributed by atoms with van der Waals surface area (Å²) in [6.45, 7) is 4.68. The zero-order chi connectivity index (χ0) is 13.0. The number of amides is 1. The van der Waals surface area contributed by atoms with Crippen LogP contribution in [0, 0.1) is 5.92 Å². The van der Waals surface area contributed by atoms with Gasteiger partial charge in [-0.2, -0.15) is 0 Å². The lowest BCUT2D eigenvalue weighted by Crippen LogP contribution is -2.45. The summed E-state index contributed by atoms with van der Waals surface area (Å²) in [7, 11) is 1.80. The Morgan fingerprint density at radius 2 is 2.29 bits per heavy atom. The highest BCUT2D eigenvalue weighted by Crippen LogP contribution is 2.21. The third-order valence-corrected chi connectivity index (χ3v) is 4.51. The SMILES string of the molecule is CC[C@H](C)[C@H](N)C(=O)N(C)Cc1csc(Br)c1. The van der Waals surface area contributed by atoms with E-state index in [1.165, 1.54) is 0 Å². The summed E-state index contributed by atoms with van der Waals surface area (Å²) in [5.74, 6) is 0.237. The van der Waals surface area contributed by atoms with Crippen molar-refractivity contribution in [2.45, 2.75) is 32.9 Å². The monoisotopic (exact) mass is 318 g/mol. The zero-order valence-electron chi connectivity index (χ0n) is 10.4. The van der Waals surface area contributed by atoms with Crippen molar-refractivity contribution in [3.05, 3.63) is 20.8 Å². The van der Waals surface area contributed by atoms with E-state index in [0.717, 1.165) is 15.8 Å². The van der Waals surface area contributed by atoms with E-state index in [4.69, 9.17) is 5.73 Å². The van der Waals surface area contributed by atoms with Gasteiger partial charge in [-0.25, -0.2) is 0 Å². The van der Waals surface area contributed by atoms with Crippen LogP contribution < -0.4 is 5.73 Å². The molecule has 2 N–H and O–H groups in total. The van der Waals surface area contributed by atoms with Crippen molar-refractivity contribution >= 4 is 33.2 Å². The van der Waals surface area contributed by atoms with Crippen LogP contribution >= 0.6 is 27.3 Å². The molecule has 96 valence electrons. The average Bonchev–Trinajstić information content (AvgIpc) is 2.71. The highest BCUT2D eigenvalue weighted by atomic mass is 79.9. The van der Waals surface area contributed by atoms with Crippen LogP contribution in [0.3, 0.4) is 0 Å². The average molecular weight is 319 g/mol. The molecular weight excluding hydrogens is 300 g/mol. The van der Waals surface area contributed by atoms with Gasteiger partial charge in [0.15, 0.2) is 0 Å².